The van der Waals surface area contributed by atoms with E-state index >= 15 is 0 Å². The maximum absolute atomic E-state index is 12.9. The molecule has 1 aliphatic heterocycles. The molecule has 2 N–H and O–H groups in total. The molecule has 1 aromatic carbocycles. The van der Waals surface area contributed by atoms with E-state index in [-0.39, 0.29) is 17.9 Å². The predicted molar refractivity (Wildman–Crippen MR) is 116 cm³/mol. The van der Waals surface area contributed by atoms with Gasteiger partial charge < -0.3 is 20.1 Å². The monoisotopic (exact) mass is 416 g/mol. The van der Waals surface area contributed by atoms with Crippen LogP contribution in [0.3, 0.4) is 0 Å². The normalized spacial score (nSPS) is 15.4. The molecule has 6 nitrogen and oxygen atoms in total. The number of aryl methyl sites for hydroxylation is 1. The predicted octanol–water partition coefficient (Wildman–Crippen LogP) is 5.02. The minimum Gasteiger partial charge on any atom is -0.492 e. The van der Waals surface area contributed by atoms with Crippen molar-refractivity contribution in [3.05, 3.63) is 34.2 Å². The van der Waals surface area contributed by atoms with Crippen molar-refractivity contribution < 1.29 is 19.1 Å². The number of fused-ring (bicyclic) bond motifs is 1. The average molecular weight is 417 g/mol. The summed E-state index contributed by atoms with van der Waals surface area (Å²) in [5.74, 6) is 1.08. The van der Waals surface area contributed by atoms with Crippen LogP contribution in [0.15, 0.2) is 18.2 Å². The standard InChI is InChI=1S/C22H28N2O4S/c1-7-27-17-10-14-9-13(3)28-16(14)11-15(17)23-20(25)19-12(2)8-18(29-19)24-21(26)22(4,5)6/h8,10-11,13H,7,9H2,1-6H3,(H,23,25)(H,24,26). The molecule has 29 heavy (non-hydrogen) atoms. The molecule has 1 aliphatic rings. The Labute approximate surface area is 175 Å². The molecule has 1 atom stereocenters. The Kier molecular flexibility index (Phi) is 5.89. The van der Waals surface area contributed by atoms with E-state index in [1.54, 1.807) is 0 Å². The average Bonchev–Trinajstić information content (AvgIpc) is 3.15. The van der Waals surface area contributed by atoms with Crippen molar-refractivity contribution in [3.8, 4) is 11.5 Å². The van der Waals surface area contributed by atoms with Crippen LogP contribution in [0.1, 0.15) is 55.4 Å². The molecule has 2 amide bonds. The van der Waals surface area contributed by atoms with Gasteiger partial charge in [-0.15, -0.1) is 11.3 Å². The molecule has 2 aromatic rings. The van der Waals surface area contributed by atoms with Gasteiger partial charge in [-0.25, -0.2) is 0 Å². The number of benzene rings is 1. The van der Waals surface area contributed by atoms with Gasteiger partial charge in [0.2, 0.25) is 5.91 Å². The van der Waals surface area contributed by atoms with E-state index < -0.39 is 5.41 Å². The molecule has 0 saturated heterocycles. The number of ether oxygens (including phenoxy) is 2. The lowest BCUT2D eigenvalue weighted by molar-refractivity contribution is -0.123. The molecule has 1 unspecified atom stereocenters. The van der Waals surface area contributed by atoms with Crippen LogP contribution in [-0.2, 0) is 11.2 Å². The summed E-state index contributed by atoms with van der Waals surface area (Å²) in [5.41, 5.74) is 1.96. The van der Waals surface area contributed by atoms with Crippen LogP contribution in [0.2, 0.25) is 0 Å². The van der Waals surface area contributed by atoms with Gasteiger partial charge in [-0.3, -0.25) is 9.59 Å². The largest absolute Gasteiger partial charge is 0.492 e. The summed E-state index contributed by atoms with van der Waals surface area (Å²) in [5, 5.41) is 6.49. The van der Waals surface area contributed by atoms with E-state index in [4.69, 9.17) is 9.47 Å². The molecule has 0 aliphatic carbocycles. The van der Waals surface area contributed by atoms with Gasteiger partial charge >= 0.3 is 0 Å². The Hall–Kier alpha value is -2.54. The summed E-state index contributed by atoms with van der Waals surface area (Å²) in [7, 11) is 0. The summed E-state index contributed by atoms with van der Waals surface area (Å²) >= 11 is 1.26. The van der Waals surface area contributed by atoms with Crippen LogP contribution < -0.4 is 20.1 Å². The molecular formula is C22H28N2O4S. The maximum Gasteiger partial charge on any atom is 0.266 e. The lowest BCUT2D eigenvalue weighted by Gasteiger charge is -2.16. The van der Waals surface area contributed by atoms with E-state index in [2.05, 4.69) is 10.6 Å². The first kappa shape index (κ1) is 21.2. The van der Waals surface area contributed by atoms with Crippen LogP contribution >= 0.6 is 11.3 Å². The summed E-state index contributed by atoms with van der Waals surface area (Å²) < 4.78 is 11.6. The molecule has 0 saturated carbocycles. The third-order valence-electron chi connectivity index (χ3n) is 4.59. The number of carbonyl (C=O) groups is 2. The number of anilines is 2. The first-order chi connectivity index (χ1) is 13.6. The van der Waals surface area contributed by atoms with Crippen molar-refractivity contribution in [2.24, 2.45) is 5.41 Å². The van der Waals surface area contributed by atoms with Crippen LogP contribution in [-0.4, -0.2) is 24.5 Å². The summed E-state index contributed by atoms with van der Waals surface area (Å²) in [4.78, 5) is 25.7. The number of carbonyl (C=O) groups excluding carboxylic acids is 2. The minimum atomic E-state index is -0.506. The zero-order chi connectivity index (χ0) is 21.3. The van der Waals surface area contributed by atoms with E-state index in [1.165, 1.54) is 11.3 Å². The van der Waals surface area contributed by atoms with Crippen molar-refractivity contribution in [3.63, 3.8) is 0 Å². The number of hydrogen-bond donors (Lipinski definition) is 2. The summed E-state index contributed by atoms with van der Waals surface area (Å²) in [6.07, 6.45) is 0.934. The second-order valence-corrected chi connectivity index (χ2v) is 9.35. The molecule has 0 radical (unpaired) electrons. The minimum absolute atomic E-state index is 0.0887. The lowest BCUT2D eigenvalue weighted by atomic mass is 9.96. The van der Waals surface area contributed by atoms with Gasteiger partial charge in [0.25, 0.3) is 5.91 Å². The van der Waals surface area contributed by atoms with E-state index in [0.717, 1.165) is 23.3 Å². The molecule has 3 rings (SSSR count). The van der Waals surface area contributed by atoms with Gasteiger partial charge in [-0.05, 0) is 38.5 Å². The van der Waals surface area contributed by atoms with Gasteiger partial charge in [0.15, 0.2) is 0 Å². The van der Waals surface area contributed by atoms with Crippen molar-refractivity contribution in [1.29, 1.82) is 0 Å². The van der Waals surface area contributed by atoms with Crippen LogP contribution in [0, 0.1) is 12.3 Å². The van der Waals surface area contributed by atoms with E-state index in [0.29, 0.717) is 27.9 Å². The van der Waals surface area contributed by atoms with E-state index in [9.17, 15) is 9.59 Å². The third-order valence-corrected chi connectivity index (χ3v) is 5.74. The lowest BCUT2D eigenvalue weighted by Crippen LogP contribution is -2.27. The molecule has 7 heteroatoms. The first-order valence-corrected chi connectivity index (χ1v) is 10.6. The number of rotatable bonds is 5. The third kappa shape index (κ3) is 4.72. The zero-order valence-corrected chi connectivity index (χ0v) is 18.6. The topological polar surface area (TPSA) is 76.7 Å². The fourth-order valence-corrected chi connectivity index (χ4v) is 4.02. The fourth-order valence-electron chi connectivity index (χ4n) is 3.06. The number of thiophene rings is 1. The van der Waals surface area contributed by atoms with Gasteiger partial charge in [0.05, 0.1) is 22.2 Å². The van der Waals surface area contributed by atoms with Crippen LogP contribution in [0.5, 0.6) is 11.5 Å². The Balaban J connectivity index is 1.82. The highest BCUT2D eigenvalue weighted by Gasteiger charge is 2.25. The van der Waals surface area contributed by atoms with Gasteiger partial charge in [0, 0.05) is 23.5 Å². The molecule has 0 bridgehead atoms. The second kappa shape index (κ2) is 8.06. The Morgan fingerprint density at radius 3 is 2.62 bits per heavy atom. The Morgan fingerprint density at radius 2 is 1.97 bits per heavy atom. The van der Waals surface area contributed by atoms with Crippen LogP contribution in [0.4, 0.5) is 10.7 Å². The SMILES string of the molecule is CCOc1cc2c(cc1NC(=O)c1sc(NC(=O)C(C)(C)C)cc1C)OC(C)C2. The van der Waals surface area contributed by atoms with Gasteiger partial charge in [0.1, 0.15) is 17.6 Å². The number of nitrogens with one attached hydrogen (secondary N) is 2. The summed E-state index contributed by atoms with van der Waals surface area (Å²) in [6.45, 7) is 11.8. The fraction of sp³-hybridized carbons (Fsp3) is 0.455. The van der Waals surface area contributed by atoms with Crippen molar-refractivity contribution >= 4 is 33.8 Å². The Morgan fingerprint density at radius 1 is 1.24 bits per heavy atom. The van der Waals surface area contributed by atoms with E-state index in [1.807, 2.05) is 59.7 Å². The highest BCUT2D eigenvalue weighted by molar-refractivity contribution is 7.18. The number of amides is 2. The van der Waals surface area contributed by atoms with Crippen LogP contribution in [0.25, 0.3) is 0 Å². The van der Waals surface area contributed by atoms with Crippen molar-refractivity contribution in [1.82, 2.24) is 0 Å². The van der Waals surface area contributed by atoms with Gasteiger partial charge in [-0.1, -0.05) is 20.8 Å². The molecule has 0 spiro atoms. The highest BCUT2D eigenvalue weighted by atomic mass is 32.1. The molecule has 1 aromatic heterocycles. The molecule has 0 fully saturated rings. The molecule has 2 heterocycles. The second-order valence-electron chi connectivity index (χ2n) is 8.30. The van der Waals surface area contributed by atoms with Crippen molar-refractivity contribution in [2.45, 2.75) is 54.1 Å². The highest BCUT2D eigenvalue weighted by Crippen LogP contribution is 2.39. The molecule has 156 valence electrons. The number of hydrogen-bond acceptors (Lipinski definition) is 5. The first-order valence-electron chi connectivity index (χ1n) is 9.78. The Bertz CT molecular complexity index is 943. The zero-order valence-electron chi connectivity index (χ0n) is 17.8. The molecular weight excluding hydrogens is 388 g/mol. The van der Waals surface area contributed by atoms with Gasteiger partial charge in [-0.2, -0.15) is 0 Å². The smallest absolute Gasteiger partial charge is 0.266 e. The summed E-state index contributed by atoms with van der Waals surface area (Å²) in [6, 6.07) is 5.58. The quantitative estimate of drug-likeness (QED) is 0.718. The maximum atomic E-state index is 12.9. The van der Waals surface area contributed by atoms with Crippen molar-refractivity contribution in [2.75, 3.05) is 17.2 Å².